The van der Waals surface area contributed by atoms with Crippen LogP contribution in [0.4, 0.5) is 0 Å². The van der Waals surface area contributed by atoms with Crippen LogP contribution in [0.2, 0.25) is 5.02 Å². The van der Waals surface area contributed by atoms with Gasteiger partial charge in [-0.2, -0.15) is 5.10 Å². The van der Waals surface area contributed by atoms with Crippen LogP contribution in [-0.2, 0) is 21.2 Å². The van der Waals surface area contributed by atoms with Crippen LogP contribution in [0.3, 0.4) is 0 Å². The van der Waals surface area contributed by atoms with E-state index in [2.05, 4.69) is 0 Å². The zero-order chi connectivity index (χ0) is 22.7. The van der Waals surface area contributed by atoms with Crippen LogP contribution in [-0.4, -0.2) is 53.6 Å². The van der Waals surface area contributed by atoms with Crippen LogP contribution in [0.15, 0.2) is 66.9 Å². The summed E-state index contributed by atoms with van der Waals surface area (Å²) in [6.07, 6.45) is 5.60. The molecule has 1 aliphatic heterocycles. The number of sulfone groups is 1. The number of halogens is 1. The monoisotopic (exact) mass is 469 g/mol. The van der Waals surface area contributed by atoms with Gasteiger partial charge >= 0.3 is 0 Å². The first-order valence-corrected chi connectivity index (χ1v) is 12.5. The lowest BCUT2D eigenvalue weighted by Crippen LogP contribution is -2.36. The summed E-state index contributed by atoms with van der Waals surface area (Å²) in [5.41, 5.74) is 3.55. The van der Waals surface area contributed by atoms with Crippen molar-refractivity contribution in [1.82, 2.24) is 14.7 Å². The molecule has 166 valence electrons. The molecule has 1 amide bonds. The van der Waals surface area contributed by atoms with Gasteiger partial charge in [0, 0.05) is 41.5 Å². The Morgan fingerprint density at radius 2 is 1.91 bits per heavy atom. The molecule has 1 saturated heterocycles. The van der Waals surface area contributed by atoms with Gasteiger partial charge in [-0.15, -0.1) is 0 Å². The molecule has 32 heavy (non-hydrogen) atoms. The molecule has 1 unspecified atom stereocenters. The molecular formula is C24H24ClN3O3S. The summed E-state index contributed by atoms with van der Waals surface area (Å²) < 4.78 is 25.3. The molecule has 0 spiro atoms. The predicted octanol–water partition coefficient (Wildman–Crippen LogP) is 3.91. The van der Waals surface area contributed by atoms with E-state index in [-0.39, 0.29) is 23.5 Å². The lowest BCUT2D eigenvalue weighted by molar-refractivity contribution is -0.126. The minimum Gasteiger partial charge on any atom is -0.338 e. The maximum Gasteiger partial charge on any atom is 0.246 e. The van der Waals surface area contributed by atoms with Gasteiger partial charge < -0.3 is 4.90 Å². The summed E-state index contributed by atoms with van der Waals surface area (Å²) >= 11 is 6.04. The number of hydrogen-bond donors (Lipinski definition) is 0. The van der Waals surface area contributed by atoms with Crippen LogP contribution in [0.5, 0.6) is 0 Å². The van der Waals surface area contributed by atoms with E-state index in [4.69, 9.17) is 16.7 Å². The molecule has 0 saturated carbocycles. The lowest BCUT2D eigenvalue weighted by Gasteiger charge is -2.21. The Kier molecular flexibility index (Phi) is 6.48. The fraction of sp³-hybridized carbons (Fsp3) is 0.250. The Morgan fingerprint density at radius 3 is 2.56 bits per heavy atom. The van der Waals surface area contributed by atoms with Gasteiger partial charge in [0.2, 0.25) is 5.91 Å². The Balaban J connectivity index is 1.59. The van der Waals surface area contributed by atoms with Crippen molar-refractivity contribution in [2.75, 3.05) is 18.6 Å². The third-order valence-electron chi connectivity index (χ3n) is 5.60. The van der Waals surface area contributed by atoms with Gasteiger partial charge in [0.05, 0.1) is 23.7 Å². The third kappa shape index (κ3) is 5.29. The van der Waals surface area contributed by atoms with Crippen LogP contribution in [0.25, 0.3) is 17.3 Å². The maximum absolute atomic E-state index is 12.7. The standard InChI is InChI=1S/C24H24ClN3O3S/c1-27(22-13-14-32(30,31)17-22)23(29)12-9-20-16-28(15-18-5-3-2-4-6-18)26-24(20)19-7-10-21(25)11-8-19/h2-12,16,22H,13-15,17H2,1H3/b12-9+. The molecule has 4 rings (SSSR count). The van der Waals surface area contributed by atoms with Gasteiger partial charge in [0.1, 0.15) is 0 Å². The van der Waals surface area contributed by atoms with Crippen molar-refractivity contribution < 1.29 is 13.2 Å². The normalized spacial score (nSPS) is 17.6. The van der Waals surface area contributed by atoms with E-state index in [1.165, 1.54) is 11.0 Å². The highest BCUT2D eigenvalue weighted by molar-refractivity contribution is 7.91. The highest BCUT2D eigenvalue weighted by atomic mass is 35.5. The third-order valence-corrected chi connectivity index (χ3v) is 7.61. The molecule has 3 aromatic rings. The van der Waals surface area contributed by atoms with Gasteiger partial charge in [-0.25, -0.2) is 8.42 Å². The molecule has 1 fully saturated rings. The summed E-state index contributed by atoms with van der Waals surface area (Å²) in [5.74, 6) is -0.0787. The molecule has 0 radical (unpaired) electrons. The average molecular weight is 470 g/mol. The minimum atomic E-state index is -3.06. The number of amides is 1. The first-order valence-electron chi connectivity index (χ1n) is 10.3. The zero-order valence-corrected chi connectivity index (χ0v) is 19.3. The van der Waals surface area contributed by atoms with Crippen LogP contribution in [0, 0.1) is 0 Å². The van der Waals surface area contributed by atoms with Gasteiger partial charge in [0.15, 0.2) is 9.84 Å². The van der Waals surface area contributed by atoms with Crippen molar-refractivity contribution in [3.63, 3.8) is 0 Å². The average Bonchev–Trinajstić information content (AvgIpc) is 3.35. The molecule has 2 heterocycles. The number of aromatic nitrogens is 2. The highest BCUT2D eigenvalue weighted by Gasteiger charge is 2.32. The molecule has 1 atom stereocenters. The number of likely N-dealkylation sites (N-methyl/N-ethyl adjacent to an activating group) is 1. The predicted molar refractivity (Wildman–Crippen MR) is 127 cm³/mol. The van der Waals surface area contributed by atoms with Crippen molar-refractivity contribution >= 4 is 33.4 Å². The first-order chi connectivity index (χ1) is 15.3. The molecular weight excluding hydrogens is 446 g/mol. The van der Waals surface area contributed by atoms with Gasteiger partial charge in [0.25, 0.3) is 0 Å². The lowest BCUT2D eigenvalue weighted by atomic mass is 10.1. The van der Waals surface area contributed by atoms with Crippen LogP contribution < -0.4 is 0 Å². The van der Waals surface area contributed by atoms with Crippen molar-refractivity contribution in [1.29, 1.82) is 0 Å². The number of rotatable bonds is 6. The Labute approximate surface area is 193 Å². The second-order valence-corrected chi connectivity index (χ2v) is 10.6. The van der Waals surface area contributed by atoms with Crippen LogP contribution >= 0.6 is 11.6 Å². The Hall–Kier alpha value is -2.90. The number of hydrogen-bond acceptors (Lipinski definition) is 4. The van der Waals surface area contributed by atoms with Crippen molar-refractivity contribution in [2.24, 2.45) is 0 Å². The largest absolute Gasteiger partial charge is 0.338 e. The van der Waals surface area contributed by atoms with Gasteiger partial charge in [-0.1, -0.05) is 54.1 Å². The minimum absolute atomic E-state index is 0.0219. The quantitative estimate of drug-likeness (QED) is 0.513. The van der Waals surface area contributed by atoms with Crippen molar-refractivity contribution in [3.8, 4) is 11.3 Å². The second-order valence-electron chi connectivity index (χ2n) is 7.96. The summed E-state index contributed by atoms with van der Waals surface area (Å²) in [4.78, 5) is 14.2. The van der Waals surface area contributed by atoms with E-state index in [0.717, 1.165) is 22.4 Å². The fourth-order valence-corrected chi connectivity index (χ4v) is 5.68. The topological polar surface area (TPSA) is 72.3 Å². The number of carbonyl (C=O) groups is 1. The molecule has 2 aromatic carbocycles. The Morgan fingerprint density at radius 1 is 1.19 bits per heavy atom. The number of carbonyl (C=O) groups excluding carboxylic acids is 1. The van der Waals surface area contributed by atoms with E-state index < -0.39 is 9.84 Å². The molecule has 1 aromatic heterocycles. The molecule has 0 bridgehead atoms. The van der Waals surface area contributed by atoms with Gasteiger partial charge in [-0.3, -0.25) is 9.48 Å². The second kappa shape index (κ2) is 9.30. The first kappa shape index (κ1) is 22.3. The van der Waals surface area contributed by atoms with E-state index in [1.54, 1.807) is 25.3 Å². The molecule has 8 heteroatoms. The van der Waals surface area contributed by atoms with Crippen molar-refractivity contribution in [3.05, 3.63) is 83.0 Å². The van der Waals surface area contributed by atoms with Gasteiger partial charge in [-0.05, 0) is 30.2 Å². The van der Waals surface area contributed by atoms with Crippen molar-refractivity contribution in [2.45, 2.75) is 19.0 Å². The van der Waals surface area contributed by atoms with E-state index in [1.807, 2.05) is 53.3 Å². The molecule has 0 aliphatic carbocycles. The summed E-state index contributed by atoms with van der Waals surface area (Å²) in [7, 11) is -1.41. The Bertz CT molecular complexity index is 1240. The summed E-state index contributed by atoms with van der Waals surface area (Å²) in [6.45, 7) is 0.600. The van der Waals surface area contributed by atoms with E-state index >= 15 is 0 Å². The summed E-state index contributed by atoms with van der Waals surface area (Å²) in [5, 5.41) is 5.38. The number of benzene rings is 2. The van der Waals surface area contributed by atoms with Crippen LogP contribution in [0.1, 0.15) is 17.5 Å². The highest BCUT2D eigenvalue weighted by Crippen LogP contribution is 2.25. The van der Waals surface area contributed by atoms with E-state index in [0.29, 0.717) is 18.0 Å². The zero-order valence-electron chi connectivity index (χ0n) is 17.7. The fourth-order valence-electron chi connectivity index (χ4n) is 3.78. The number of nitrogens with zero attached hydrogens (tertiary/aromatic N) is 3. The summed E-state index contributed by atoms with van der Waals surface area (Å²) in [6, 6.07) is 17.1. The smallest absolute Gasteiger partial charge is 0.246 e. The molecule has 6 nitrogen and oxygen atoms in total. The molecule has 0 N–H and O–H groups in total. The SMILES string of the molecule is CN(C(=O)/C=C/c1cn(Cc2ccccc2)nc1-c1ccc(Cl)cc1)C1CCS(=O)(=O)C1. The molecule has 1 aliphatic rings. The maximum atomic E-state index is 12.7. The van der Waals surface area contributed by atoms with E-state index in [9.17, 15) is 13.2 Å².